The number of hydrogen-bond acceptors (Lipinski definition) is 6. The fourth-order valence-electron chi connectivity index (χ4n) is 3.87. The van der Waals surface area contributed by atoms with Crippen molar-refractivity contribution in [3.63, 3.8) is 0 Å². The Morgan fingerprint density at radius 3 is 2.82 bits per heavy atom. The monoisotopic (exact) mass is 471 g/mol. The van der Waals surface area contributed by atoms with Gasteiger partial charge in [-0.3, -0.25) is 19.7 Å². The van der Waals surface area contributed by atoms with Crippen molar-refractivity contribution in [1.29, 1.82) is 0 Å². The number of aryl methyl sites for hydroxylation is 1. The Hall–Kier alpha value is -4.04. The predicted molar refractivity (Wildman–Crippen MR) is 132 cm³/mol. The SMILES string of the molecule is Cc1ccc2occ(/C=C/C(=O)Nc3nc4c(s3)CN(C(=O)c3ccccc3)CC4)c(=O)c2c1. The standard InChI is InChI=1S/C26H21N3O4S/c1-16-7-9-21-19(13-16)24(31)18(15-33-21)8-10-23(30)28-26-27-20-11-12-29(14-22(20)34-26)25(32)17-5-3-2-4-6-17/h2-10,13,15H,11-12,14H2,1H3,(H,27,28,30)/b10-8+. The number of anilines is 1. The molecule has 3 heterocycles. The first kappa shape index (κ1) is 21.8. The summed E-state index contributed by atoms with van der Waals surface area (Å²) in [6, 6.07) is 14.6. The molecule has 4 aromatic rings. The van der Waals surface area contributed by atoms with Gasteiger partial charge in [-0.2, -0.15) is 0 Å². The van der Waals surface area contributed by atoms with E-state index in [1.165, 1.54) is 29.8 Å². The Morgan fingerprint density at radius 2 is 2.00 bits per heavy atom. The summed E-state index contributed by atoms with van der Waals surface area (Å²) >= 11 is 1.36. The lowest BCUT2D eigenvalue weighted by atomic mass is 10.1. The molecule has 2 aromatic carbocycles. The largest absolute Gasteiger partial charge is 0.463 e. The Kier molecular flexibility index (Phi) is 5.81. The third-order valence-electron chi connectivity index (χ3n) is 5.64. The van der Waals surface area contributed by atoms with E-state index >= 15 is 0 Å². The number of nitrogens with one attached hydrogen (secondary N) is 1. The number of nitrogens with zero attached hydrogens (tertiary/aromatic N) is 2. The molecule has 0 saturated heterocycles. The lowest BCUT2D eigenvalue weighted by Gasteiger charge is -2.26. The molecule has 34 heavy (non-hydrogen) atoms. The number of thiazole rings is 1. The highest BCUT2D eigenvalue weighted by Gasteiger charge is 2.25. The van der Waals surface area contributed by atoms with Gasteiger partial charge in [0.2, 0.25) is 5.91 Å². The molecule has 0 saturated carbocycles. The van der Waals surface area contributed by atoms with Crippen LogP contribution in [0.5, 0.6) is 0 Å². The average Bonchev–Trinajstić information content (AvgIpc) is 3.25. The van der Waals surface area contributed by atoms with Gasteiger partial charge in [0.1, 0.15) is 11.8 Å². The highest BCUT2D eigenvalue weighted by molar-refractivity contribution is 7.15. The Labute approximate surface area is 199 Å². The summed E-state index contributed by atoms with van der Waals surface area (Å²) in [6.07, 6.45) is 4.72. The number of rotatable bonds is 4. The fraction of sp³-hybridized carbons (Fsp3) is 0.154. The molecule has 170 valence electrons. The summed E-state index contributed by atoms with van der Waals surface area (Å²) in [5.41, 5.74) is 3.11. The molecule has 0 atom stereocenters. The van der Waals surface area contributed by atoms with Gasteiger partial charge in [-0.15, -0.1) is 0 Å². The van der Waals surface area contributed by atoms with E-state index in [0.717, 1.165) is 16.1 Å². The number of benzene rings is 2. The van der Waals surface area contributed by atoms with Gasteiger partial charge in [0.15, 0.2) is 10.6 Å². The summed E-state index contributed by atoms with van der Waals surface area (Å²) in [5, 5.41) is 3.70. The first-order valence-electron chi connectivity index (χ1n) is 10.8. The summed E-state index contributed by atoms with van der Waals surface area (Å²) in [7, 11) is 0. The number of hydrogen-bond donors (Lipinski definition) is 1. The van der Waals surface area contributed by atoms with Crippen molar-refractivity contribution in [2.75, 3.05) is 11.9 Å². The molecule has 2 aromatic heterocycles. The average molecular weight is 472 g/mol. The molecule has 1 aliphatic heterocycles. The van der Waals surface area contributed by atoms with Crippen LogP contribution in [0.25, 0.3) is 17.0 Å². The molecule has 0 aliphatic carbocycles. The lowest BCUT2D eigenvalue weighted by molar-refractivity contribution is -0.111. The van der Waals surface area contributed by atoms with Crippen LogP contribution in [0.1, 0.15) is 32.1 Å². The van der Waals surface area contributed by atoms with Crippen LogP contribution in [0.2, 0.25) is 0 Å². The highest BCUT2D eigenvalue weighted by Crippen LogP contribution is 2.29. The molecule has 0 radical (unpaired) electrons. The molecule has 0 bridgehead atoms. The zero-order valence-corrected chi connectivity index (χ0v) is 19.2. The number of aromatic nitrogens is 1. The zero-order chi connectivity index (χ0) is 23.7. The minimum atomic E-state index is -0.396. The summed E-state index contributed by atoms with van der Waals surface area (Å²) in [5.74, 6) is -0.412. The molecule has 5 rings (SSSR count). The maximum Gasteiger partial charge on any atom is 0.254 e. The molecule has 7 nitrogen and oxygen atoms in total. The predicted octanol–water partition coefficient (Wildman–Crippen LogP) is 4.41. The second kappa shape index (κ2) is 9.07. The van der Waals surface area contributed by atoms with Gasteiger partial charge in [-0.1, -0.05) is 41.2 Å². The third kappa shape index (κ3) is 4.40. The van der Waals surface area contributed by atoms with E-state index in [1.54, 1.807) is 29.2 Å². The molecule has 1 N–H and O–H groups in total. The second-order valence-electron chi connectivity index (χ2n) is 8.07. The van der Waals surface area contributed by atoms with Crippen molar-refractivity contribution in [3.8, 4) is 0 Å². The van der Waals surface area contributed by atoms with Gasteiger partial charge < -0.3 is 9.32 Å². The molecular weight excluding hydrogens is 450 g/mol. The van der Waals surface area contributed by atoms with Crippen LogP contribution in [0.15, 0.2) is 70.1 Å². The van der Waals surface area contributed by atoms with E-state index in [1.807, 2.05) is 31.2 Å². The van der Waals surface area contributed by atoms with Crippen LogP contribution in [0.3, 0.4) is 0 Å². The van der Waals surface area contributed by atoms with E-state index in [4.69, 9.17) is 4.42 Å². The summed E-state index contributed by atoms with van der Waals surface area (Å²) in [4.78, 5) is 45.2. The molecule has 1 aliphatic rings. The van der Waals surface area contributed by atoms with Crippen molar-refractivity contribution in [1.82, 2.24) is 9.88 Å². The number of amides is 2. The van der Waals surface area contributed by atoms with Crippen molar-refractivity contribution in [2.45, 2.75) is 19.9 Å². The molecule has 0 spiro atoms. The van der Waals surface area contributed by atoms with Gasteiger partial charge in [0.25, 0.3) is 5.91 Å². The van der Waals surface area contributed by atoms with Gasteiger partial charge in [-0.05, 0) is 37.3 Å². The molecule has 2 amide bonds. The van der Waals surface area contributed by atoms with Crippen molar-refractivity contribution in [3.05, 3.63) is 98.4 Å². The lowest BCUT2D eigenvalue weighted by Crippen LogP contribution is -2.35. The first-order valence-corrected chi connectivity index (χ1v) is 11.6. The van der Waals surface area contributed by atoms with Gasteiger partial charge >= 0.3 is 0 Å². The van der Waals surface area contributed by atoms with E-state index < -0.39 is 5.91 Å². The topological polar surface area (TPSA) is 92.5 Å². The number of carbonyl (C=O) groups is 2. The Morgan fingerprint density at radius 1 is 1.18 bits per heavy atom. The number of fused-ring (bicyclic) bond motifs is 2. The van der Waals surface area contributed by atoms with E-state index in [2.05, 4.69) is 10.3 Å². The highest BCUT2D eigenvalue weighted by atomic mass is 32.1. The second-order valence-corrected chi connectivity index (χ2v) is 9.16. The first-order chi connectivity index (χ1) is 16.5. The zero-order valence-electron chi connectivity index (χ0n) is 18.4. The fourth-order valence-corrected chi connectivity index (χ4v) is 4.90. The summed E-state index contributed by atoms with van der Waals surface area (Å²) in [6.45, 7) is 2.94. The smallest absolute Gasteiger partial charge is 0.254 e. The van der Waals surface area contributed by atoms with Crippen molar-refractivity contribution < 1.29 is 14.0 Å². The molecule has 0 unspecified atom stereocenters. The van der Waals surface area contributed by atoms with Gasteiger partial charge in [0.05, 0.1) is 23.2 Å². The van der Waals surface area contributed by atoms with Crippen LogP contribution in [0, 0.1) is 6.92 Å². The van der Waals surface area contributed by atoms with Crippen LogP contribution < -0.4 is 10.7 Å². The third-order valence-corrected chi connectivity index (χ3v) is 6.64. The molecule has 8 heteroatoms. The van der Waals surface area contributed by atoms with Crippen LogP contribution in [0.4, 0.5) is 5.13 Å². The van der Waals surface area contributed by atoms with Gasteiger partial charge in [-0.25, -0.2) is 4.98 Å². The van der Waals surface area contributed by atoms with Gasteiger partial charge in [0, 0.05) is 29.5 Å². The van der Waals surface area contributed by atoms with Crippen LogP contribution in [-0.2, 0) is 17.8 Å². The molecular formula is C26H21N3O4S. The van der Waals surface area contributed by atoms with Crippen molar-refractivity contribution >= 4 is 45.3 Å². The van der Waals surface area contributed by atoms with E-state index in [9.17, 15) is 14.4 Å². The van der Waals surface area contributed by atoms with Crippen molar-refractivity contribution in [2.24, 2.45) is 0 Å². The minimum absolute atomic E-state index is 0.0161. The van der Waals surface area contributed by atoms with Crippen LogP contribution in [-0.4, -0.2) is 28.2 Å². The van der Waals surface area contributed by atoms with E-state index in [-0.39, 0.29) is 11.3 Å². The quantitative estimate of drug-likeness (QED) is 0.445. The molecule has 0 fully saturated rings. The normalized spacial score (nSPS) is 13.3. The van der Waals surface area contributed by atoms with Crippen LogP contribution >= 0.6 is 11.3 Å². The Balaban J connectivity index is 1.27. The Bertz CT molecular complexity index is 1490. The summed E-state index contributed by atoms with van der Waals surface area (Å²) < 4.78 is 5.52. The minimum Gasteiger partial charge on any atom is -0.463 e. The maximum atomic E-state index is 12.7. The van der Waals surface area contributed by atoms with E-state index in [0.29, 0.717) is 46.7 Å². The maximum absolute atomic E-state index is 12.7. The number of carbonyl (C=O) groups excluding carboxylic acids is 2.